The summed E-state index contributed by atoms with van der Waals surface area (Å²) in [5.41, 5.74) is 5.22. The molecule has 3 N–H and O–H groups in total. The highest BCUT2D eigenvalue weighted by molar-refractivity contribution is 5.95. The van der Waals surface area contributed by atoms with Crippen LogP contribution in [0.15, 0.2) is 18.3 Å². The van der Waals surface area contributed by atoms with Crippen LogP contribution in [0.2, 0.25) is 0 Å². The van der Waals surface area contributed by atoms with Gasteiger partial charge >= 0.3 is 5.97 Å². The number of amides is 1. The van der Waals surface area contributed by atoms with E-state index in [9.17, 15) is 9.59 Å². The van der Waals surface area contributed by atoms with Crippen LogP contribution < -0.4 is 11.1 Å². The van der Waals surface area contributed by atoms with Crippen LogP contribution in [0.3, 0.4) is 0 Å². The fraction of sp³-hybridized carbons (Fsp3) is 0.222. The molecular formula is C9H11N3O3. The van der Waals surface area contributed by atoms with Gasteiger partial charge in [0.25, 0.3) is 0 Å². The molecule has 0 aliphatic carbocycles. The van der Waals surface area contributed by atoms with E-state index in [1.807, 2.05) is 0 Å². The number of pyridine rings is 1. The number of esters is 1. The Morgan fingerprint density at radius 1 is 1.60 bits per heavy atom. The Labute approximate surface area is 86.4 Å². The lowest BCUT2D eigenvalue weighted by atomic mass is 10.2. The van der Waals surface area contributed by atoms with Gasteiger partial charge in [-0.2, -0.15) is 0 Å². The zero-order valence-corrected chi connectivity index (χ0v) is 8.19. The molecule has 0 fully saturated rings. The van der Waals surface area contributed by atoms with Crippen molar-refractivity contribution in [1.29, 1.82) is 0 Å². The Morgan fingerprint density at radius 3 is 2.93 bits per heavy atom. The van der Waals surface area contributed by atoms with Crippen molar-refractivity contribution in [1.82, 2.24) is 4.98 Å². The van der Waals surface area contributed by atoms with Crippen LogP contribution in [0.1, 0.15) is 10.4 Å². The van der Waals surface area contributed by atoms with Crippen LogP contribution in [0.25, 0.3) is 0 Å². The van der Waals surface area contributed by atoms with Gasteiger partial charge in [0.2, 0.25) is 5.91 Å². The van der Waals surface area contributed by atoms with Gasteiger partial charge in [0.15, 0.2) is 0 Å². The quantitative estimate of drug-likeness (QED) is 0.668. The molecule has 80 valence electrons. The van der Waals surface area contributed by atoms with E-state index >= 15 is 0 Å². The molecule has 0 spiro atoms. The first-order valence-corrected chi connectivity index (χ1v) is 4.20. The van der Waals surface area contributed by atoms with E-state index in [1.165, 1.54) is 13.3 Å². The van der Waals surface area contributed by atoms with Crippen molar-refractivity contribution in [2.45, 2.75) is 0 Å². The lowest BCUT2D eigenvalue weighted by Gasteiger charge is -2.07. The molecule has 0 aromatic carbocycles. The van der Waals surface area contributed by atoms with Crippen molar-refractivity contribution >= 4 is 17.7 Å². The molecule has 0 radical (unpaired) electrons. The summed E-state index contributed by atoms with van der Waals surface area (Å²) in [5, 5.41) is 2.64. The number of methoxy groups -OCH3 is 1. The molecule has 1 aromatic heterocycles. The van der Waals surface area contributed by atoms with E-state index < -0.39 is 11.9 Å². The van der Waals surface area contributed by atoms with Crippen molar-refractivity contribution in [3.05, 3.63) is 23.9 Å². The summed E-state index contributed by atoms with van der Waals surface area (Å²) in [6.07, 6.45) is 1.50. The monoisotopic (exact) mass is 209 g/mol. The van der Waals surface area contributed by atoms with Gasteiger partial charge in [-0.15, -0.1) is 0 Å². The van der Waals surface area contributed by atoms with E-state index in [0.717, 1.165) is 0 Å². The van der Waals surface area contributed by atoms with Crippen molar-refractivity contribution in [2.24, 2.45) is 5.73 Å². The number of primary amides is 1. The molecule has 6 nitrogen and oxygen atoms in total. The van der Waals surface area contributed by atoms with E-state index in [4.69, 9.17) is 5.73 Å². The molecule has 0 atom stereocenters. The van der Waals surface area contributed by atoms with Gasteiger partial charge in [-0.25, -0.2) is 9.78 Å². The molecule has 0 bridgehead atoms. The van der Waals surface area contributed by atoms with E-state index in [0.29, 0.717) is 0 Å². The summed E-state index contributed by atoms with van der Waals surface area (Å²) in [7, 11) is 1.27. The predicted molar refractivity (Wildman–Crippen MR) is 53.3 cm³/mol. The highest BCUT2D eigenvalue weighted by atomic mass is 16.5. The number of anilines is 1. The second kappa shape index (κ2) is 4.94. The average molecular weight is 209 g/mol. The largest absolute Gasteiger partial charge is 0.465 e. The molecular weight excluding hydrogens is 198 g/mol. The Hall–Kier alpha value is -2.11. The highest BCUT2D eigenvalue weighted by Gasteiger charge is 2.12. The number of carbonyl (C=O) groups excluding carboxylic acids is 2. The lowest BCUT2D eigenvalue weighted by Crippen LogP contribution is -2.23. The number of hydrogen-bond acceptors (Lipinski definition) is 5. The number of carbonyl (C=O) groups is 2. The minimum Gasteiger partial charge on any atom is -0.465 e. The molecule has 15 heavy (non-hydrogen) atoms. The molecule has 0 saturated carbocycles. The zero-order chi connectivity index (χ0) is 11.3. The fourth-order valence-electron chi connectivity index (χ4n) is 0.992. The third kappa shape index (κ3) is 2.94. The minimum absolute atomic E-state index is 0.0823. The molecule has 1 rings (SSSR count). The summed E-state index contributed by atoms with van der Waals surface area (Å²) >= 11 is 0. The number of hydrogen-bond donors (Lipinski definition) is 2. The molecule has 0 aliphatic rings. The van der Waals surface area contributed by atoms with Gasteiger partial charge in [-0.1, -0.05) is 0 Å². The van der Waals surface area contributed by atoms with Crippen LogP contribution >= 0.6 is 0 Å². The average Bonchev–Trinajstić information content (AvgIpc) is 2.25. The lowest BCUT2D eigenvalue weighted by molar-refractivity contribution is -0.116. The van der Waals surface area contributed by atoms with Gasteiger partial charge in [0.1, 0.15) is 11.4 Å². The van der Waals surface area contributed by atoms with E-state index in [2.05, 4.69) is 15.0 Å². The summed E-state index contributed by atoms with van der Waals surface area (Å²) in [5.74, 6) is -0.769. The van der Waals surface area contributed by atoms with Crippen molar-refractivity contribution < 1.29 is 14.3 Å². The maximum Gasteiger partial charge on any atom is 0.341 e. The van der Waals surface area contributed by atoms with Gasteiger partial charge < -0.3 is 15.8 Å². The molecule has 1 aromatic rings. The van der Waals surface area contributed by atoms with E-state index in [1.54, 1.807) is 12.1 Å². The van der Waals surface area contributed by atoms with Crippen molar-refractivity contribution in [2.75, 3.05) is 19.0 Å². The Bertz CT molecular complexity index is 379. The number of rotatable bonds is 4. The maximum absolute atomic E-state index is 11.3. The van der Waals surface area contributed by atoms with Crippen LogP contribution in [0.5, 0.6) is 0 Å². The SMILES string of the molecule is COC(=O)c1cccnc1NCC(N)=O. The number of aromatic nitrogens is 1. The maximum atomic E-state index is 11.3. The third-order valence-electron chi connectivity index (χ3n) is 1.64. The standard InChI is InChI=1S/C9H11N3O3/c1-15-9(14)6-3-2-4-11-8(6)12-5-7(10)13/h2-4H,5H2,1H3,(H2,10,13)(H,11,12). The van der Waals surface area contributed by atoms with Crippen molar-refractivity contribution in [3.8, 4) is 0 Å². The number of nitrogens with zero attached hydrogens (tertiary/aromatic N) is 1. The topological polar surface area (TPSA) is 94.3 Å². The summed E-state index contributed by atoms with van der Waals surface area (Å²) in [4.78, 5) is 25.7. The number of ether oxygens (including phenoxy) is 1. The smallest absolute Gasteiger partial charge is 0.341 e. The van der Waals surface area contributed by atoms with E-state index in [-0.39, 0.29) is 17.9 Å². The second-order valence-corrected chi connectivity index (χ2v) is 2.71. The second-order valence-electron chi connectivity index (χ2n) is 2.71. The van der Waals surface area contributed by atoms with Gasteiger partial charge in [0, 0.05) is 6.20 Å². The van der Waals surface area contributed by atoms with Crippen LogP contribution in [0.4, 0.5) is 5.82 Å². The van der Waals surface area contributed by atoms with Crippen LogP contribution in [-0.4, -0.2) is 30.5 Å². The summed E-state index contributed by atoms with van der Waals surface area (Å²) < 4.78 is 4.55. The molecule has 1 heterocycles. The first-order chi connectivity index (χ1) is 7.15. The highest BCUT2D eigenvalue weighted by Crippen LogP contribution is 2.11. The zero-order valence-electron chi connectivity index (χ0n) is 8.19. The molecule has 1 amide bonds. The first-order valence-electron chi connectivity index (χ1n) is 4.20. The Kier molecular flexibility index (Phi) is 3.61. The normalized spacial score (nSPS) is 9.40. The number of nitrogens with two attached hydrogens (primary N) is 1. The van der Waals surface area contributed by atoms with Crippen LogP contribution in [-0.2, 0) is 9.53 Å². The molecule has 0 aliphatic heterocycles. The van der Waals surface area contributed by atoms with Gasteiger partial charge in [0.05, 0.1) is 13.7 Å². The van der Waals surface area contributed by atoms with Gasteiger partial charge in [-0.3, -0.25) is 4.79 Å². The Morgan fingerprint density at radius 2 is 2.33 bits per heavy atom. The summed E-state index contributed by atoms with van der Waals surface area (Å²) in [6, 6.07) is 3.14. The first kappa shape index (κ1) is 11.0. The van der Waals surface area contributed by atoms with Crippen LogP contribution in [0, 0.1) is 0 Å². The third-order valence-corrected chi connectivity index (χ3v) is 1.64. The van der Waals surface area contributed by atoms with Gasteiger partial charge in [-0.05, 0) is 12.1 Å². The fourth-order valence-corrected chi connectivity index (χ4v) is 0.992. The number of nitrogens with one attached hydrogen (secondary N) is 1. The van der Waals surface area contributed by atoms with Crippen molar-refractivity contribution in [3.63, 3.8) is 0 Å². The molecule has 6 heteroatoms. The summed E-state index contributed by atoms with van der Waals surface area (Å²) in [6.45, 7) is -0.0823. The Balaban J connectivity index is 2.86. The predicted octanol–water partition coefficient (Wildman–Crippen LogP) is -0.235. The minimum atomic E-state index is -0.531. The molecule has 0 saturated heterocycles. The molecule has 0 unspecified atom stereocenters.